The van der Waals surface area contributed by atoms with E-state index in [4.69, 9.17) is 0 Å². The lowest BCUT2D eigenvalue weighted by Gasteiger charge is -2.19. The maximum Gasteiger partial charge on any atom is 0.269 e. The number of nitro groups is 1. The third kappa shape index (κ3) is 1.58. The van der Waals surface area contributed by atoms with Crippen LogP contribution in [-0.2, 0) is 0 Å². The Hall–Kier alpha value is -1.13. The van der Waals surface area contributed by atoms with Crippen molar-refractivity contribution < 1.29 is 4.92 Å². The molecule has 1 aromatic carbocycles. The lowest BCUT2D eigenvalue weighted by molar-refractivity contribution is -0.384. The van der Waals surface area contributed by atoms with Crippen LogP contribution in [0.2, 0.25) is 0 Å². The number of piperidine rings is 1. The smallest absolute Gasteiger partial charge is 0.269 e. The first-order valence-electron chi connectivity index (χ1n) is 5.24. The molecule has 1 saturated heterocycles. The van der Waals surface area contributed by atoms with Gasteiger partial charge in [0, 0.05) is 25.2 Å². The molecule has 0 spiro atoms. The first-order valence-corrected chi connectivity index (χ1v) is 5.24. The molecule has 0 unspecified atom stereocenters. The molecule has 86 valence electrons. The predicted molar refractivity (Wildman–Crippen MR) is 63.3 cm³/mol. The van der Waals surface area contributed by atoms with E-state index in [1.807, 2.05) is 6.07 Å². The van der Waals surface area contributed by atoms with E-state index < -0.39 is 0 Å². The Morgan fingerprint density at radius 3 is 2.62 bits per heavy atom. The maximum atomic E-state index is 10.7. The molecule has 2 bridgehead atoms. The van der Waals surface area contributed by atoms with Gasteiger partial charge in [0.25, 0.3) is 5.69 Å². The molecule has 0 radical (unpaired) electrons. The number of non-ortho nitro benzene ring substituents is 1. The molecule has 4 nitrogen and oxygen atoms in total. The number of hydrogen-bond acceptors (Lipinski definition) is 3. The summed E-state index contributed by atoms with van der Waals surface area (Å²) >= 11 is 0. The number of halogens is 1. The van der Waals surface area contributed by atoms with Gasteiger partial charge in [0.2, 0.25) is 0 Å². The first kappa shape index (κ1) is 11.4. The second-order valence-electron chi connectivity index (χ2n) is 4.36. The van der Waals surface area contributed by atoms with Gasteiger partial charge in [-0.3, -0.25) is 10.1 Å². The van der Waals surface area contributed by atoms with Gasteiger partial charge in [-0.2, -0.15) is 0 Å². The van der Waals surface area contributed by atoms with Gasteiger partial charge in [-0.25, -0.2) is 0 Å². The Balaban J connectivity index is 0.000000963. The van der Waals surface area contributed by atoms with Crippen molar-refractivity contribution in [3.63, 3.8) is 0 Å². The molecule has 2 aliphatic rings. The molecule has 5 heteroatoms. The fraction of sp³-hybridized carbons (Fsp3) is 0.455. The molecule has 16 heavy (non-hydrogen) atoms. The Morgan fingerprint density at radius 2 is 1.94 bits per heavy atom. The molecular weight excluding hydrogens is 228 g/mol. The minimum atomic E-state index is -0.310. The monoisotopic (exact) mass is 240 g/mol. The van der Waals surface area contributed by atoms with Crippen molar-refractivity contribution >= 4 is 18.1 Å². The average Bonchev–Trinajstić information content (AvgIpc) is 2.51. The second kappa shape index (κ2) is 4.03. The Morgan fingerprint density at radius 1 is 1.25 bits per heavy atom. The van der Waals surface area contributed by atoms with Gasteiger partial charge in [-0.15, -0.1) is 12.4 Å². The standard InChI is InChI=1S/C11H12N2O2.ClH/c14-13(15)9-1-2-10-7-3-8(6-12-5-7)11(10)4-9;/h1-2,4,7-8,12H,3,5-6H2;1H/t7-,8+;/m0./s1. The number of nitrogens with one attached hydrogen (secondary N) is 1. The highest BCUT2D eigenvalue weighted by Crippen LogP contribution is 2.44. The van der Waals surface area contributed by atoms with E-state index in [1.165, 1.54) is 11.1 Å². The van der Waals surface area contributed by atoms with Crippen LogP contribution in [0.1, 0.15) is 29.4 Å². The summed E-state index contributed by atoms with van der Waals surface area (Å²) in [7, 11) is 0. The Bertz CT molecular complexity index is 436. The molecule has 1 N–H and O–H groups in total. The molecule has 0 amide bonds. The third-order valence-electron chi connectivity index (χ3n) is 3.51. The van der Waals surface area contributed by atoms with Crippen LogP contribution in [0.4, 0.5) is 5.69 Å². The zero-order valence-corrected chi connectivity index (χ0v) is 9.50. The number of fused-ring (bicyclic) bond motifs is 5. The van der Waals surface area contributed by atoms with Crippen LogP contribution < -0.4 is 5.32 Å². The number of rotatable bonds is 1. The molecule has 0 saturated carbocycles. The molecular formula is C11H13ClN2O2. The molecule has 1 fully saturated rings. The van der Waals surface area contributed by atoms with Gasteiger partial charge in [0.05, 0.1) is 4.92 Å². The summed E-state index contributed by atoms with van der Waals surface area (Å²) < 4.78 is 0. The van der Waals surface area contributed by atoms with Crippen LogP contribution in [-0.4, -0.2) is 18.0 Å². The van der Waals surface area contributed by atoms with E-state index in [0.717, 1.165) is 19.5 Å². The maximum absolute atomic E-state index is 10.7. The lowest BCUT2D eigenvalue weighted by atomic mass is 9.98. The predicted octanol–water partition coefficient (Wildman–Crippen LogP) is 2.19. The quantitative estimate of drug-likeness (QED) is 0.605. The summed E-state index contributed by atoms with van der Waals surface area (Å²) in [6, 6.07) is 5.32. The summed E-state index contributed by atoms with van der Waals surface area (Å²) in [4.78, 5) is 10.4. The van der Waals surface area contributed by atoms with Gasteiger partial charge < -0.3 is 5.32 Å². The van der Waals surface area contributed by atoms with Crippen molar-refractivity contribution in [2.45, 2.75) is 18.3 Å². The molecule has 3 rings (SSSR count). The minimum absolute atomic E-state index is 0. The molecule has 1 aliphatic heterocycles. The van der Waals surface area contributed by atoms with Crippen molar-refractivity contribution in [3.05, 3.63) is 39.4 Å². The SMILES string of the molecule is Cl.O=[N+]([O-])c1ccc2c(c1)[C@H]1CNC[C@@H]2C1. The van der Waals surface area contributed by atoms with Crippen molar-refractivity contribution in [1.29, 1.82) is 0 Å². The molecule has 0 aromatic heterocycles. The van der Waals surface area contributed by atoms with Crippen molar-refractivity contribution in [3.8, 4) is 0 Å². The van der Waals surface area contributed by atoms with E-state index >= 15 is 0 Å². The van der Waals surface area contributed by atoms with Crippen molar-refractivity contribution in [1.82, 2.24) is 5.32 Å². The van der Waals surface area contributed by atoms with Gasteiger partial charge in [-0.1, -0.05) is 6.07 Å². The summed E-state index contributed by atoms with van der Waals surface area (Å²) in [6.45, 7) is 1.98. The van der Waals surface area contributed by atoms with Crippen LogP contribution in [0.5, 0.6) is 0 Å². The van der Waals surface area contributed by atoms with E-state index in [-0.39, 0.29) is 23.0 Å². The average molecular weight is 241 g/mol. The highest BCUT2D eigenvalue weighted by molar-refractivity contribution is 5.85. The molecule has 2 atom stereocenters. The van der Waals surface area contributed by atoms with Gasteiger partial charge in [-0.05, 0) is 29.4 Å². The fourth-order valence-corrected chi connectivity index (χ4v) is 2.82. The van der Waals surface area contributed by atoms with Crippen LogP contribution in [0.25, 0.3) is 0 Å². The van der Waals surface area contributed by atoms with Gasteiger partial charge in [0.15, 0.2) is 0 Å². The fourth-order valence-electron chi connectivity index (χ4n) is 2.82. The van der Waals surface area contributed by atoms with Crippen LogP contribution in [0.15, 0.2) is 18.2 Å². The summed E-state index contributed by atoms with van der Waals surface area (Å²) in [5.41, 5.74) is 2.73. The molecule has 1 heterocycles. The minimum Gasteiger partial charge on any atom is -0.316 e. The summed E-state index contributed by atoms with van der Waals surface area (Å²) in [6.07, 6.45) is 1.16. The number of nitro benzene ring substituents is 1. The zero-order valence-electron chi connectivity index (χ0n) is 8.68. The van der Waals surface area contributed by atoms with Crippen LogP contribution >= 0.6 is 12.4 Å². The topological polar surface area (TPSA) is 55.2 Å². The van der Waals surface area contributed by atoms with E-state index in [2.05, 4.69) is 5.32 Å². The van der Waals surface area contributed by atoms with E-state index in [0.29, 0.717) is 11.8 Å². The van der Waals surface area contributed by atoms with Crippen LogP contribution in [0, 0.1) is 10.1 Å². The third-order valence-corrected chi connectivity index (χ3v) is 3.51. The largest absolute Gasteiger partial charge is 0.316 e. The van der Waals surface area contributed by atoms with Crippen molar-refractivity contribution in [2.24, 2.45) is 0 Å². The zero-order chi connectivity index (χ0) is 10.4. The van der Waals surface area contributed by atoms with E-state index in [1.54, 1.807) is 12.1 Å². The number of benzene rings is 1. The van der Waals surface area contributed by atoms with Gasteiger partial charge >= 0.3 is 0 Å². The molecule has 1 aliphatic carbocycles. The summed E-state index contributed by atoms with van der Waals surface area (Å²) in [5, 5.41) is 14.1. The second-order valence-corrected chi connectivity index (χ2v) is 4.36. The van der Waals surface area contributed by atoms with Gasteiger partial charge in [0.1, 0.15) is 0 Å². The number of nitrogens with zero attached hydrogens (tertiary/aromatic N) is 1. The van der Waals surface area contributed by atoms with Crippen LogP contribution in [0.3, 0.4) is 0 Å². The summed E-state index contributed by atoms with van der Waals surface area (Å²) in [5.74, 6) is 1.05. The number of hydrogen-bond donors (Lipinski definition) is 1. The molecule has 1 aromatic rings. The highest BCUT2D eigenvalue weighted by atomic mass is 35.5. The Kier molecular flexibility index (Phi) is 2.86. The normalized spacial score (nSPS) is 25.8. The first-order chi connectivity index (χ1) is 7.25. The van der Waals surface area contributed by atoms with Crippen molar-refractivity contribution in [2.75, 3.05) is 13.1 Å². The highest BCUT2D eigenvalue weighted by Gasteiger charge is 2.34. The Labute approximate surface area is 99.6 Å². The van der Waals surface area contributed by atoms with E-state index in [9.17, 15) is 10.1 Å². The lowest BCUT2D eigenvalue weighted by Crippen LogP contribution is -2.28.